The maximum Gasteiger partial charge on any atom is 0.229 e. The molecule has 0 bridgehead atoms. The molecule has 1 aliphatic heterocycles. The molecule has 1 heterocycles. The Hall–Kier alpha value is -1.00. The van der Waals surface area contributed by atoms with Crippen molar-refractivity contribution in [2.24, 2.45) is 0 Å². The quantitative estimate of drug-likeness (QED) is 0.902. The van der Waals surface area contributed by atoms with Gasteiger partial charge in [-0.05, 0) is 30.2 Å². The summed E-state index contributed by atoms with van der Waals surface area (Å²) in [6.45, 7) is 1.62. The second kappa shape index (κ2) is 6.84. The lowest BCUT2D eigenvalue weighted by molar-refractivity contribution is -0.123. The van der Waals surface area contributed by atoms with Gasteiger partial charge >= 0.3 is 0 Å². The van der Waals surface area contributed by atoms with E-state index in [2.05, 4.69) is 29.0 Å². The summed E-state index contributed by atoms with van der Waals surface area (Å²) >= 11 is 1.90. The summed E-state index contributed by atoms with van der Waals surface area (Å²) < 4.78 is 0. The van der Waals surface area contributed by atoms with Gasteiger partial charge in [-0.15, -0.1) is 0 Å². The van der Waals surface area contributed by atoms with Crippen molar-refractivity contribution in [2.75, 3.05) is 12.8 Å². The molecule has 3 unspecified atom stereocenters. The molecule has 1 fully saturated rings. The van der Waals surface area contributed by atoms with E-state index in [1.54, 1.807) is 0 Å². The zero-order valence-electron chi connectivity index (χ0n) is 12.6. The van der Waals surface area contributed by atoms with Crippen LogP contribution < -0.4 is 10.6 Å². The van der Waals surface area contributed by atoms with Crippen molar-refractivity contribution in [3.05, 3.63) is 35.4 Å². The van der Waals surface area contributed by atoms with E-state index in [-0.39, 0.29) is 11.8 Å². The van der Waals surface area contributed by atoms with E-state index in [0.29, 0.717) is 11.3 Å². The van der Waals surface area contributed by atoms with Crippen LogP contribution in [-0.4, -0.2) is 30.0 Å². The summed E-state index contributed by atoms with van der Waals surface area (Å²) in [4.78, 5) is 12.7. The first-order valence-corrected chi connectivity index (χ1v) is 9.20. The van der Waals surface area contributed by atoms with Crippen LogP contribution in [0.1, 0.15) is 42.7 Å². The predicted molar refractivity (Wildman–Crippen MR) is 88.6 cm³/mol. The Labute approximate surface area is 131 Å². The number of fused-ring (bicyclic) bond motifs is 1. The van der Waals surface area contributed by atoms with Gasteiger partial charge in [-0.3, -0.25) is 4.79 Å². The van der Waals surface area contributed by atoms with E-state index in [9.17, 15) is 4.79 Å². The lowest BCUT2D eigenvalue weighted by atomic mass is 9.89. The standard InChI is InChI=1S/C17H24N2OS/c1-21-16-9-5-4-8-15(16)19-17(20)14-11-18-10-12-6-2-3-7-13(12)14/h2-3,6-7,14-16,18H,4-5,8-11H2,1H3,(H,19,20). The van der Waals surface area contributed by atoms with E-state index in [4.69, 9.17) is 0 Å². The van der Waals surface area contributed by atoms with E-state index >= 15 is 0 Å². The molecule has 2 aliphatic rings. The Kier molecular flexibility index (Phi) is 4.86. The number of nitrogens with one attached hydrogen (secondary N) is 2. The highest BCUT2D eigenvalue weighted by Crippen LogP contribution is 2.29. The lowest BCUT2D eigenvalue weighted by Crippen LogP contribution is -2.47. The number of benzene rings is 1. The van der Waals surface area contributed by atoms with Crippen LogP contribution in [0.15, 0.2) is 24.3 Å². The van der Waals surface area contributed by atoms with Gasteiger partial charge in [0.1, 0.15) is 0 Å². The second-order valence-electron chi connectivity index (χ2n) is 6.06. The third-order valence-corrected chi connectivity index (χ3v) is 5.91. The molecule has 1 aromatic carbocycles. The van der Waals surface area contributed by atoms with Crippen molar-refractivity contribution in [1.29, 1.82) is 0 Å². The molecule has 1 saturated carbocycles. The average molecular weight is 304 g/mol. The molecular weight excluding hydrogens is 280 g/mol. The summed E-state index contributed by atoms with van der Waals surface area (Å²) in [7, 11) is 0. The minimum Gasteiger partial charge on any atom is -0.352 e. The molecule has 4 heteroatoms. The fourth-order valence-corrected chi connectivity index (χ4v) is 4.49. The van der Waals surface area contributed by atoms with Crippen LogP contribution in [-0.2, 0) is 11.3 Å². The number of carbonyl (C=O) groups is 1. The van der Waals surface area contributed by atoms with Gasteiger partial charge in [-0.1, -0.05) is 37.1 Å². The van der Waals surface area contributed by atoms with Crippen molar-refractivity contribution < 1.29 is 4.79 Å². The highest BCUT2D eigenvalue weighted by atomic mass is 32.2. The maximum absolute atomic E-state index is 12.7. The minimum absolute atomic E-state index is 0.0422. The maximum atomic E-state index is 12.7. The molecule has 1 aromatic rings. The van der Waals surface area contributed by atoms with Crippen LogP contribution in [0.2, 0.25) is 0 Å². The number of hydrogen-bond acceptors (Lipinski definition) is 3. The third kappa shape index (κ3) is 3.27. The number of carbonyl (C=O) groups excluding carboxylic acids is 1. The molecule has 2 N–H and O–H groups in total. The summed E-state index contributed by atoms with van der Waals surface area (Å²) in [5.74, 6) is 0.153. The van der Waals surface area contributed by atoms with Crippen molar-refractivity contribution in [2.45, 2.75) is 49.4 Å². The summed E-state index contributed by atoms with van der Waals surface area (Å²) in [6.07, 6.45) is 7.05. The van der Waals surface area contributed by atoms with Gasteiger partial charge in [-0.2, -0.15) is 11.8 Å². The van der Waals surface area contributed by atoms with E-state index in [0.717, 1.165) is 19.5 Å². The van der Waals surface area contributed by atoms with Crippen molar-refractivity contribution in [3.8, 4) is 0 Å². The van der Waals surface area contributed by atoms with Gasteiger partial charge in [0.05, 0.1) is 5.92 Å². The molecule has 0 spiro atoms. The fraction of sp³-hybridized carbons (Fsp3) is 0.588. The highest BCUT2D eigenvalue weighted by Gasteiger charge is 2.31. The van der Waals surface area contributed by atoms with Crippen LogP contribution in [0.25, 0.3) is 0 Å². The zero-order chi connectivity index (χ0) is 14.7. The second-order valence-corrected chi connectivity index (χ2v) is 7.13. The minimum atomic E-state index is -0.0422. The molecule has 114 valence electrons. The summed E-state index contributed by atoms with van der Waals surface area (Å²) in [5, 5.41) is 7.28. The van der Waals surface area contributed by atoms with E-state index < -0.39 is 0 Å². The number of amides is 1. The van der Waals surface area contributed by atoms with Crippen LogP contribution in [0, 0.1) is 0 Å². The van der Waals surface area contributed by atoms with Crippen molar-refractivity contribution in [3.63, 3.8) is 0 Å². The average Bonchev–Trinajstić information content (AvgIpc) is 2.54. The molecular formula is C17H24N2OS. The first-order chi connectivity index (χ1) is 10.3. The van der Waals surface area contributed by atoms with E-state index in [1.807, 2.05) is 23.9 Å². The molecule has 3 nitrogen and oxygen atoms in total. The Morgan fingerprint density at radius 1 is 1.29 bits per heavy atom. The first kappa shape index (κ1) is 14.9. The Bertz CT molecular complexity index is 505. The molecule has 0 saturated heterocycles. The monoisotopic (exact) mass is 304 g/mol. The van der Waals surface area contributed by atoms with E-state index in [1.165, 1.54) is 30.4 Å². The summed E-state index contributed by atoms with van der Waals surface area (Å²) in [5.41, 5.74) is 2.46. The Balaban J connectivity index is 1.71. The lowest BCUT2D eigenvalue weighted by Gasteiger charge is -2.33. The van der Waals surface area contributed by atoms with Crippen LogP contribution in [0.3, 0.4) is 0 Å². The Morgan fingerprint density at radius 2 is 2.10 bits per heavy atom. The van der Waals surface area contributed by atoms with Gasteiger partial charge in [-0.25, -0.2) is 0 Å². The van der Waals surface area contributed by atoms with Crippen molar-refractivity contribution >= 4 is 17.7 Å². The first-order valence-electron chi connectivity index (χ1n) is 7.91. The number of thioether (sulfide) groups is 1. The molecule has 0 aromatic heterocycles. The third-order valence-electron chi connectivity index (χ3n) is 4.74. The van der Waals surface area contributed by atoms with Gasteiger partial charge in [0, 0.05) is 24.4 Å². The van der Waals surface area contributed by atoms with Crippen LogP contribution >= 0.6 is 11.8 Å². The normalized spacial score (nSPS) is 28.7. The highest BCUT2D eigenvalue weighted by molar-refractivity contribution is 7.99. The number of hydrogen-bond donors (Lipinski definition) is 2. The molecule has 1 amide bonds. The molecule has 21 heavy (non-hydrogen) atoms. The van der Waals surface area contributed by atoms with Crippen LogP contribution in [0.4, 0.5) is 0 Å². The molecule has 3 rings (SSSR count). The molecule has 0 radical (unpaired) electrons. The smallest absolute Gasteiger partial charge is 0.229 e. The zero-order valence-corrected chi connectivity index (χ0v) is 13.4. The SMILES string of the molecule is CSC1CCCCC1NC(=O)C1CNCc2ccccc21. The van der Waals surface area contributed by atoms with Gasteiger partial charge < -0.3 is 10.6 Å². The largest absolute Gasteiger partial charge is 0.352 e. The topological polar surface area (TPSA) is 41.1 Å². The van der Waals surface area contributed by atoms with Gasteiger partial charge in [0.25, 0.3) is 0 Å². The van der Waals surface area contributed by atoms with Gasteiger partial charge in [0.15, 0.2) is 0 Å². The molecule has 1 aliphatic carbocycles. The summed E-state index contributed by atoms with van der Waals surface area (Å²) in [6, 6.07) is 8.65. The van der Waals surface area contributed by atoms with Crippen LogP contribution in [0.5, 0.6) is 0 Å². The van der Waals surface area contributed by atoms with Crippen molar-refractivity contribution in [1.82, 2.24) is 10.6 Å². The number of rotatable bonds is 3. The van der Waals surface area contributed by atoms with Gasteiger partial charge in [0.2, 0.25) is 5.91 Å². The fourth-order valence-electron chi connectivity index (χ4n) is 3.56. The molecule has 3 atom stereocenters. The predicted octanol–water partition coefficient (Wildman–Crippen LogP) is 2.66. The Morgan fingerprint density at radius 3 is 2.95 bits per heavy atom.